The van der Waals surface area contributed by atoms with Gasteiger partial charge in [-0.25, -0.2) is 10.1 Å². The normalized spacial score (nSPS) is 12.2. The highest BCUT2D eigenvalue weighted by molar-refractivity contribution is 5.99. The SMILES string of the molecule is COc1ccc(/C=N/NC(=O)c2nnn(-c3nonc3N)c2-c2ccc3c(c2)OCO3)c(OC)c1. The van der Waals surface area contributed by atoms with Gasteiger partial charge in [0.1, 0.15) is 17.2 Å². The maximum Gasteiger partial charge on any atom is 0.294 e. The zero-order chi connectivity index (χ0) is 24.4. The van der Waals surface area contributed by atoms with E-state index in [9.17, 15) is 4.79 Å². The Bertz CT molecular complexity index is 1430. The minimum absolute atomic E-state index is 0.0338. The number of hydrazone groups is 1. The van der Waals surface area contributed by atoms with Gasteiger partial charge in [0.25, 0.3) is 5.91 Å². The number of hydrogen-bond donors (Lipinski definition) is 2. The van der Waals surface area contributed by atoms with Crippen molar-refractivity contribution >= 4 is 17.9 Å². The molecule has 1 amide bonds. The zero-order valence-electron chi connectivity index (χ0n) is 18.5. The monoisotopic (exact) mass is 478 g/mol. The summed E-state index contributed by atoms with van der Waals surface area (Å²) >= 11 is 0. The van der Waals surface area contributed by atoms with Gasteiger partial charge >= 0.3 is 0 Å². The molecule has 35 heavy (non-hydrogen) atoms. The molecule has 3 N–H and O–H groups in total. The van der Waals surface area contributed by atoms with Crippen LogP contribution in [0.15, 0.2) is 46.1 Å². The van der Waals surface area contributed by atoms with Crippen LogP contribution < -0.4 is 30.1 Å². The van der Waals surface area contributed by atoms with Crippen LogP contribution in [0.25, 0.3) is 17.1 Å². The van der Waals surface area contributed by atoms with E-state index in [1.165, 1.54) is 18.0 Å². The molecule has 178 valence electrons. The van der Waals surface area contributed by atoms with Crippen molar-refractivity contribution in [3.63, 3.8) is 0 Å². The first-order chi connectivity index (χ1) is 17.1. The van der Waals surface area contributed by atoms with Crippen molar-refractivity contribution in [2.45, 2.75) is 0 Å². The number of carbonyl (C=O) groups excluding carboxylic acids is 1. The number of hydrogen-bond acceptors (Lipinski definition) is 12. The van der Waals surface area contributed by atoms with Gasteiger partial charge in [0.15, 0.2) is 17.2 Å². The first-order valence-corrected chi connectivity index (χ1v) is 10.1. The first-order valence-electron chi connectivity index (χ1n) is 10.1. The van der Waals surface area contributed by atoms with Crippen molar-refractivity contribution in [2.24, 2.45) is 5.10 Å². The van der Waals surface area contributed by atoms with Gasteiger partial charge in [-0.3, -0.25) is 4.79 Å². The highest BCUT2D eigenvalue weighted by Gasteiger charge is 2.26. The number of methoxy groups -OCH3 is 2. The summed E-state index contributed by atoms with van der Waals surface area (Å²) in [4.78, 5) is 13.0. The van der Waals surface area contributed by atoms with Gasteiger partial charge < -0.3 is 24.7 Å². The number of fused-ring (bicyclic) bond motifs is 1. The second kappa shape index (κ2) is 9.01. The lowest BCUT2D eigenvalue weighted by atomic mass is 10.1. The molecular formula is C21H18N8O6. The summed E-state index contributed by atoms with van der Waals surface area (Å²) in [5.41, 5.74) is 9.65. The lowest BCUT2D eigenvalue weighted by Crippen LogP contribution is -2.19. The summed E-state index contributed by atoms with van der Waals surface area (Å²) in [5.74, 6) is 1.60. The quantitative estimate of drug-likeness (QED) is 0.290. The summed E-state index contributed by atoms with van der Waals surface area (Å²) in [7, 11) is 3.07. The Labute approximate surface area is 197 Å². The van der Waals surface area contributed by atoms with E-state index in [0.29, 0.717) is 34.1 Å². The van der Waals surface area contributed by atoms with Gasteiger partial charge in [0.2, 0.25) is 18.4 Å². The number of nitrogens with two attached hydrogens (primary N) is 1. The molecule has 5 rings (SSSR count). The second-order valence-electron chi connectivity index (χ2n) is 7.05. The molecule has 0 aliphatic carbocycles. The molecule has 0 bridgehead atoms. The molecule has 2 aromatic heterocycles. The maximum absolute atomic E-state index is 13.0. The molecular weight excluding hydrogens is 460 g/mol. The third-order valence-corrected chi connectivity index (χ3v) is 5.04. The Hall–Kier alpha value is -5.14. The standard InChI is InChI=1S/C21H18N8O6/c1-31-13-5-3-12(15(8-13)32-2)9-23-25-21(30)17-18(11-4-6-14-16(7-11)34-10-33-14)29(28-24-17)20-19(22)26-35-27-20/h3-9H,10H2,1-2H3,(H2,22,26)(H,25,30)/b23-9+. The summed E-state index contributed by atoms with van der Waals surface area (Å²) in [6, 6.07) is 10.3. The molecule has 2 aromatic carbocycles. The van der Waals surface area contributed by atoms with Crippen LogP contribution in [0.1, 0.15) is 16.1 Å². The van der Waals surface area contributed by atoms with E-state index in [1.54, 1.807) is 43.5 Å². The van der Waals surface area contributed by atoms with E-state index in [-0.39, 0.29) is 29.8 Å². The summed E-state index contributed by atoms with van der Waals surface area (Å²) in [5, 5.41) is 19.4. The minimum atomic E-state index is -0.636. The second-order valence-corrected chi connectivity index (χ2v) is 7.05. The van der Waals surface area contributed by atoms with Crippen molar-refractivity contribution in [2.75, 3.05) is 26.7 Å². The van der Waals surface area contributed by atoms with E-state index in [1.807, 2.05) is 0 Å². The summed E-state index contributed by atoms with van der Waals surface area (Å²) < 4.78 is 27.3. The fourth-order valence-electron chi connectivity index (χ4n) is 3.36. The summed E-state index contributed by atoms with van der Waals surface area (Å²) in [6.45, 7) is 0.0906. The number of anilines is 1. The smallest absolute Gasteiger partial charge is 0.294 e. The van der Waals surface area contributed by atoms with Gasteiger partial charge in [-0.2, -0.15) is 9.78 Å². The fraction of sp³-hybridized carbons (Fsp3) is 0.143. The van der Waals surface area contributed by atoms with E-state index in [4.69, 9.17) is 24.7 Å². The number of benzene rings is 2. The van der Waals surface area contributed by atoms with E-state index in [0.717, 1.165) is 0 Å². The fourth-order valence-corrected chi connectivity index (χ4v) is 3.36. The predicted molar refractivity (Wildman–Crippen MR) is 120 cm³/mol. The number of nitrogen functional groups attached to an aromatic ring is 1. The van der Waals surface area contributed by atoms with Gasteiger partial charge in [0, 0.05) is 17.2 Å². The van der Waals surface area contributed by atoms with Crippen LogP contribution in [-0.2, 0) is 0 Å². The van der Waals surface area contributed by atoms with Crippen molar-refractivity contribution in [1.29, 1.82) is 0 Å². The molecule has 14 heteroatoms. The molecule has 0 spiro atoms. The number of aromatic nitrogens is 5. The molecule has 4 aromatic rings. The molecule has 0 saturated carbocycles. The van der Waals surface area contributed by atoms with Gasteiger partial charge in [-0.15, -0.1) is 5.10 Å². The number of nitrogens with zero attached hydrogens (tertiary/aromatic N) is 6. The van der Waals surface area contributed by atoms with Crippen molar-refractivity contribution in [3.8, 4) is 40.1 Å². The number of ether oxygens (including phenoxy) is 4. The van der Waals surface area contributed by atoms with Crippen molar-refractivity contribution < 1.29 is 28.4 Å². The molecule has 1 aliphatic heterocycles. The van der Waals surface area contributed by atoms with Crippen LogP contribution in [0, 0.1) is 0 Å². The Morgan fingerprint density at radius 1 is 1.14 bits per heavy atom. The molecule has 0 atom stereocenters. The number of carbonyl (C=O) groups is 1. The molecule has 0 unspecified atom stereocenters. The zero-order valence-corrected chi connectivity index (χ0v) is 18.5. The predicted octanol–water partition coefficient (Wildman–Crippen LogP) is 1.41. The van der Waals surface area contributed by atoms with Crippen molar-refractivity contribution in [3.05, 3.63) is 47.7 Å². The maximum atomic E-state index is 13.0. The lowest BCUT2D eigenvalue weighted by molar-refractivity contribution is 0.0950. The molecule has 3 heterocycles. The van der Waals surface area contributed by atoms with Gasteiger partial charge in [-0.05, 0) is 40.6 Å². The van der Waals surface area contributed by atoms with E-state index in [2.05, 4.69) is 35.8 Å². The van der Waals surface area contributed by atoms with Crippen LogP contribution in [0.3, 0.4) is 0 Å². The Morgan fingerprint density at radius 2 is 2.00 bits per heavy atom. The van der Waals surface area contributed by atoms with E-state index < -0.39 is 5.91 Å². The molecule has 0 fully saturated rings. The Balaban J connectivity index is 1.48. The third kappa shape index (κ3) is 4.03. The molecule has 0 radical (unpaired) electrons. The topological polar surface area (TPSA) is 174 Å². The highest BCUT2D eigenvalue weighted by atomic mass is 16.7. The third-order valence-electron chi connectivity index (χ3n) is 5.04. The molecule has 0 saturated heterocycles. The average molecular weight is 478 g/mol. The number of rotatable bonds is 7. The lowest BCUT2D eigenvalue weighted by Gasteiger charge is -2.07. The summed E-state index contributed by atoms with van der Waals surface area (Å²) in [6.07, 6.45) is 1.43. The van der Waals surface area contributed by atoms with Gasteiger partial charge in [0.05, 0.1) is 20.4 Å². The Kier molecular flexibility index (Phi) is 5.58. The van der Waals surface area contributed by atoms with Crippen molar-refractivity contribution in [1.82, 2.24) is 30.7 Å². The van der Waals surface area contributed by atoms with Crippen LogP contribution in [0.5, 0.6) is 23.0 Å². The van der Waals surface area contributed by atoms with Gasteiger partial charge in [-0.1, -0.05) is 5.21 Å². The minimum Gasteiger partial charge on any atom is -0.497 e. The van der Waals surface area contributed by atoms with Crippen LogP contribution >= 0.6 is 0 Å². The first kappa shape index (κ1) is 21.7. The Morgan fingerprint density at radius 3 is 2.77 bits per heavy atom. The van der Waals surface area contributed by atoms with Crippen LogP contribution in [0.4, 0.5) is 5.82 Å². The van der Waals surface area contributed by atoms with E-state index >= 15 is 0 Å². The highest BCUT2D eigenvalue weighted by Crippen LogP contribution is 2.37. The molecule has 14 nitrogen and oxygen atoms in total. The number of amides is 1. The van der Waals surface area contributed by atoms with Crippen LogP contribution in [-0.4, -0.2) is 58.4 Å². The average Bonchev–Trinajstić information content (AvgIpc) is 3.62. The molecule has 1 aliphatic rings. The largest absolute Gasteiger partial charge is 0.497 e. The number of nitrogens with one attached hydrogen (secondary N) is 1. The van der Waals surface area contributed by atoms with Crippen LogP contribution in [0.2, 0.25) is 0 Å².